The summed E-state index contributed by atoms with van der Waals surface area (Å²) in [6.07, 6.45) is 5.43. The van der Waals surface area contributed by atoms with Crippen LogP contribution >= 0.6 is 0 Å². The van der Waals surface area contributed by atoms with E-state index in [1.165, 1.54) is 26.4 Å². The van der Waals surface area contributed by atoms with Crippen molar-refractivity contribution >= 4 is 5.97 Å². The Morgan fingerprint density at radius 2 is 1.92 bits per heavy atom. The summed E-state index contributed by atoms with van der Waals surface area (Å²) in [5.74, 6) is 1.12. The molecule has 3 nitrogen and oxygen atoms in total. The highest BCUT2D eigenvalue weighted by Gasteiger charge is 2.46. The van der Waals surface area contributed by atoms with Crippen molar-refractivity contribution < 1.29 is 9.53 Å². The standard InChI is InChI=1S/C10H17NO2/c1-13-9(12)10(11)5-7-2-3-8(4-7)6-10/h7-8H,2-6,11H2,1H3. The summed E-state index contributed by atoms with van der Waals surface area (Å²) in [4.78, 5) is 11.5. The summed E-state index contributed by atoms with van der Waals surface area (Å²) in [5, 5.41) is 0. The van der Waals surface area contributed by atoms with Crippen LogP contribution in [0, 0.1) is 11.8 Å². The van der Waals surface area contributed by atoms with Crippen LogP contribution in [-0.4, -0.2) is 18.6 Å². The van der Waals surface area contributed by atoms with Gasteiger partial charge >= 0.3 is 5.97 Å². The molecular formula is C10H17NO2. The van der Waals surface area contributed by atoms with Gasteiger partial charge < -0.3 is 10.5 Å². The second kappa shape index (κ2) is 2.98. The van der Waals surface area contributed by atoms with E-state index >= 15 is 0 Å². The predicted molar refractivity (Wildman–Crippen MR) is 49.0 cm³/mol. The molecule has 0 spiro atoms. The van der Waals surface area contributed by atoms with Crippen LogP contribution in [0.3, 0.4) is 0 Å². The third kappa shape index (κ3) is 1.46. The van der Waals surface area contributed by atoms with Crippen molar-refractivity contribution in [2.24, 2.45) is 17.6 Å². The number of hydrogen-bond donors (Lipinski definition) is 1. The molecule has 2 N–H and O–H groups in total. The third-order valence-corrected chi connectivity index (χ3v) is 3.55. The molecule has 2 aliphatic carbocycles. The summed E-state index contributed by atoms with van der Waals surface area (Å²) < 4.78 is 4.75. The SMILES string of the molecule is COC(=O)C1(N)CC2CCC(C2)C1. The highest BCUT2D eigenvalue weighted by Crippen LogP contribution is 2.45. The average molecular weight is 183 g/mol. The second-order valence-corrected chi connectivity index (χ2v) is 4.60. The van der Waals surface area contributed by atoms with Crippen LogP contribution in [0.15, 0.2) is 0 Å². The maximum absolute atomic E-state index is 11.5. The van der Waals surface area contributed by atoms with E-state index in [0.717, 1.165) is 12.8 Å². The lowest BCUT2D eigenvalue weighted by molar-refractivity contribution is -0.149. The van der Waals surface area contributed by atoms with E-state index in [2.05, 4.69) is 0 Å². The molecule has 0 aromatic carbocycles. The fraction of sp³-hybridized carbons (Fsp3) is 0.900. The lowest BCUT2D eigenvalue weighted by atomic mass is 9.76. The van der Waals surface area contributed by atoms with Crippen LogP contribution in [0.5, 0.6) is 0 Å². The second-order valence-electron chi connectivity index (χ2n) is 4.60. The first kappa shape index (κ1) is 9.00. The summed E-state index contributed by atoms with van der Waals surface area (Å²) in [7, 11) is 1.42. The van der Waals surface area contributed by atoms with Gasteiger partial charge in [-0.15, -0.1) is 0 Å². The Kier molecular flexibility index (Phi) is 2.06. The molecule has 2 saturated carbocycles. The quantitative estimate of drug-likeness (QED) is 0.618. The highest BCUT2D eigenvalue weighted by molar-refractivity contribution is 5.80. The van der Waals surface area contributed by atoms with Crippen molar-refractivity contribution in [1.82, 2.24) is 0 Å². The molecule has 13 heavy (non-hydrogen) atoms. The number of methoxy groups -OCH3 is 1. The highest BCUT2D eigenvalue weighted by atomic mass is 16.5. The number of esters is 1. The van der Waals surface area contributed by atoms with Crippen molar-refractivity contribution in [3.8, 4) is 0 Å². The maximum atomic E-state index is 11.5. The van der Waals surface area contributed by atoms with Crippen molar-refractivity contribution in [3.63, 3.8) is 0 Å². The van der Waals surface area contributed by atoms with Crippen LogP contribution in [0.1, 0.15) is 32.1 Å². The largest absolute Gasteiger partial charge is 0.468 e. The number of fused-ring (bicyclic) bond motifs is 2. The van der Waals surface area contributed by atoms with E-state index in [4.69, 9.17) is 10.5 Å². The number of hydrogen-bond acceptors (Lipinski definition) is 3. The minimum Gasteiger partial charge on any atom is -0.468 e. The summed E-state index contributed by atoms with van der Waals surface area (Å²) in [6, 6.07) is 0. The molecule has 2 aliphatic rings. The Labute approximate surface area is 78.6 Å². The van der Waals surface area contributed by atoms with Gasteiger partial charge in [-0.25, -0.2) is 0 Å². The summed E-state index contributed by atoms with van der Waals surface area (Å²) >= 11 is 0. The van der Waals surface area contributed by atoms with Gasteiger partial charge in [-0.2, -0.15) is 0 Å². The summed E-state index contributed by atoms with van der Waals surface area (Å²) in [6.45, 7) is 0. The van der Waals surface area contributed by atoms with E-state index in [0.29, 0.717) is 11.8 Å². The van der Waals surface area contributed by atoms with Crippen LogP contribution in [0.25, 0.3) is 0 Å². The molecule has 0 heterocycles. The van der Waals surface area contributed by atoms with Crippen LogP contribution in [0.2, 0.25) is 0 Å². The van der Waals surface area contributed by atoms with Gasteiger partial charge in [0.1, 0.15) is 5.54 Å². The topological polar surface area (TPSA) is 52.3 Å². The van der Waals surface area contributed by atoms with Gasteiger partial charge in [-0.1, -0.05) is 12.8 Å². The van der Waals surface area contributed by atoms with E-state index < -0.39 is 5.54 Å². The molecule has 2 bridgehead atoms. The first-order valence-electron chi connectivity index (χ1n) is 5.01. The molecule has 0 radical (unpaired) electrons. The van der Waals surface area contributed by atoms with Crippen molar-refractivity contribution in [2.75, 3.05) is 7.11 Å². The van der Waals surface area contributed by atoms with Gasteiger partial charge in [-0.05, 0) is 31.1 Å². The van der Waals surface area contributed by atoms with Crippen molar-refractivity contribution in [3.05, 3.63) is 0 Å². The zero-order valence-corrected chi connectivity index (χ0v) is 8.08. The number of carbonyl (C=O) groups excluding carboxylic acids is 1. The monoisotopic (exact) mass is 183 g/mol. The third-order valence-electron chi connectivity index (χ3n) is 3.55. The number of rotatable bonds is 1. The molecule has 2 rings (SSSR count). The Balaban J connectivity index is 2.12. The fourth-order valence-electron chi connectivity index (χ4n) is 3.03. The molecule has 0 amide bonds. The predicted octanol–water partition coefficient (Wildman–Crippen LogP) is 1.07. The van der Waals surface area contributed by atoms with Crippen LogP contribution in [0.4, 0.5) is 0 Å². The first-order chi connectivity index (χ1) is 6.14. The Morgan fingerprint density at radius 1 is 1.38 bits per heavy atom. The number of ether oxygens (including phenoxy) is 1. The van der Waals surface area contributed by atoms with Gasteiger partial charge in [0.25, 0.3) is 0 Å². The molecule has 0 aromatic rings. The molecule has 2 fully saturated rings. The molecular weight excluding hydrogens is 166 g/mol. The van der Waals surface area contributed by atoms with Crippen molar-refractivity contribution in [1.29, 1.82) is 0 Å². The molecule has 0 aromatic heterocycles. The molecule has 2 atom stereocenters. The van der Waals surface area contributed by atoms with E-state index in [1.807, 2.05) is 0 Å². The van der Waals surface area contributed by atoms with Gasteiger partial charge in [0.2, 0.25) is 0 Å². The number of carbonyl (C=O) groups is 1. The lowest BCUT2D eigenvalue weighted by Gasteiger charge is -2.34. The Bertz CT molecular complexity index is 215. The average Bonchev–Trinajstić information content (AvgIpc) is 2.44. The Hall–Kier alpha value is -0.570. The molecule has 3 heteroatoms. The first-order valence-corrected chi connectivity index (χ1v) is 5.01. The zero-order valence-electron chi connectivity index (χ0n) is 8.08. The molecule has 2 unspecified atom stereocenters. The van der Waals surface area contributed by atoms with Crippen LogP contribution in [-0.2, 0) is 9.53 Å². The van der Waals surface area contributed by atoms with Crippen molar-refractivity contribution in [2.45, 2.75) is 37.6 Å². The van der Waals surface area contributed by atoms with E-state index in [-0.39, 0.29) is 5.97 Å². The van der Waals surface area contributed by atoms with E-state index in [1.54, 1.807) is 0 Å². The normalized spacial score (nSPS) is 43.2. The molecule has 0 aliphatic heterocycles. The van der Waals surface area contributed by atoms with Gasteiger partial charge in [0.05, 0.1) is 7.11 Å². The number of nitrogens with two attached hydrogens (primary N) is 1. The van der Waals surface area contributed by atoms with E-state index in [9.17, 15) is 4.79 Å². The maximum Gasteiger partial charge on any atom is 0.325 e. The Morgan fingerprint density at radius 3 is 2.38 bits per heavy atom. The van der Waals surface area contributed by atoms with Gasteiger partial charge in [0, 0.05) is 0 Å². The fourth-order valence-corrected chi connectivity index (χ4v) is 3.03. The van der Waals surface area contributed by atoms with Gasteiger partial charge in [0.15, 0.2) is 0 Å². The minimum absolute atomic E-state index is 0.218. The zero-order chi connectivity index (χ0) is 9.47. The van der Waals surface area contributed by atoms with Gasteiger partial charge in [-0.3, -0.25) is 4.79 Å². The minimum atomic E-state index is -0.668. The molecule has 74 valence electrons. The summed E-state index contributed by atoms with van der Waals surface area (Å²) in [5.41, 5.74) is 5.39. The molecule has 0 saturated heterocycles. The smallest absolute Gasteiger partial charge is 0.325 e. The van der Waals surface area contributed by atoms with Crippen LogP contribution < -0.4 is 5.73 Å². The lowest BCUT2D eigenvalue weighted by Crippen LogP contribution is -2.52.